The van der Waals surface area contributed by atoms with Gasteiger partial charge in [0.1, 0.15) is 0 Å². The number of carbonyl (C=O) groups is 2. The van der Waals surface area contributed by atoms with Crippen molar-refractivity contribution in [3.8, 4) is 0 Å². The lowest BCUT2D eigenvalue weighted by molar-refractivity contribution is -0.151. The van der Waals surface area contributed by atoms with E-state index in [9.17, 15) is 14.7 Å². The molecule has 0 aromatic heterocycles. The lowest BCUT2D eigenvalue weighted by Gasteiger charge is -2.18. The second kappa shape index (κ2) is 16.7. The second-order valence-corrected chi connectivity index (χ2v) is 8.89. The number of aryl methyl sites for hydroxylation is 2. The van der Waals surface area contributed by atoms with Gasteiger partial charge in [0.05, 0.1) is 12.7 Å². The third-order valence-corrected chi connectivity index (χ3v) is 5.45. The minimum atomic E-state index is -0.887. The number of hydrogen-bond acceptors (Lipinski definition) is 4. The molecule has 0 aliphatic carbocycles. The molecule has 2 atom stereocenters. The molecular weight excluding hydrogens is 408 g/mol. The van der Waals surface area contributed by atoms with Gasteiger partial charge in [0.15, 0.2) is 6.10 Å². The van der Waals surface area contributed by atoms with E-state index in [1.807, 2.05) is 26.0 Å². The zero-order chi connectivity index (χ0) is 23.8. The van der Waals surface area contributed by atoms with E-state index in [1.165, 1.54) is 11.1 Å². The van der Waals surface area contributed by atoms with Crippen LogP contribution in [0.25, 0.3) is 0 Å². The average Bonchev–Trinajstić information content (AvgIpc) is 2.74. The van der Waals surface area contributed by atoms with Crippen molar-refractivity contribution in [2.75, 3.05) is 13.2 Å². The summed E-state index contributed by atoms with van der Waals surface area (Å²) in [5, 5.41) is 18.4. The van der Waals surface area contributed by atoms with Gasteiger partial charge in [-0.05, 0) is 68.4 Å². The first-order chi connectivity index (χ1) is 15.3. The van der Waals surface area contributed by atoms with Crippen LogP contribution in [0, 0.1) is 5.92 Å². The smallest absolute Gasteiger partial charge is 0.332 e. The quantitative estimate of drug-likeness (QED) is 0.270. The standard InChI is InChI=1S/C26H42O6/c1-4-5-18-31-23(16-17-25(27)28)15-14-22-12-7-6-10-21(22)11-8-9-13-24(26(29)30)32-19-20(2)3/h6-7,10,12,20,23-24H,4-5,8-9,11,13-19H2,1-3H3,(H,27,28)(H,29,30). The highest BCUT2D eigenvalue weighted by Crippen LogP contribution is 2.19. The van der Waals surface area contributed by atoms with Crippen LogP contribution < -0.4 is 0 Å². The fourth-order valence-electron chi connectivity index (χ4n) is 3.58. The molecule has 0 saturated heterocycles. The largest absolute Gasteiger partial charge is 0.481 e. The van der Waals surface area contributed by atoms with Crippen LogP contribution >= 0.6 is 0 Å². The lowest BCUT2D eigenvalue weighted by Crippen LogP contribution is -2.25. The highest BCUT2D eigenvalue weighted by atomic mass is 16.5. The number of unbranched alkanes of at least 4 members (excludes halogenated alkanes) is 2. The summed E-state index contributed by atoms with van der Waals surface area (Å²) in [5.74, 6) is -1.36. The summed E-state index contributed by atoms with van der Waals surface area (Å²) in [5.41, 5.74) is 2.53. The van der Waals surface area contributed by atoms with E-state index in [1.54, 1.807) is 0 Å². The number of carboxylic acid groups (broad SMARTS) is 2. The Kier molecular flexibility index (Phi) is 14.7. The van der Waals surface area contributed by atoms with E-state index < -0.39 is 18.0 Å². The highest BCUT2D eigenvalue weighted by molar-refractivity contribution is 5.72. The van der Waals surface area contributed by atoms with Crippen LogP contribution in [0.3, 0.4) is 0 Å². The molecular formula is C26H42O6. The molecule has 0 bridgehead atoms. The van der Waals surface area contributed by atoms with E-state index in [4.69, 9.17) is 14.6 Å². The van der Waals surface area contributed by atoms with Crippen LogP contribution in [-0.2, 0) is 31.9 Å². The molecule has 2 unspecified atom stereocenters. The first kappa shape index (κ1) is 28.1. The molecule has 2 N–H and O–H groups in total. The maximum Gasteiger partial charge on any atom is 0.332 e. The van der Waals surface area contributed by atoms with Gasteiger partial charge in [0.25, 0.3) is 0 Å². The van der Waals surface area contributed by atoms with Crippen LogP contribution in [0.2, 0.25) is 0 Å². The Labute approximate surface area is 193 Å². The molecule has 1 rings (SSSR count). The Hall–Kier alpha value is -1.92. The minimum Gasteiger partial charge on any atom is -0.481 e. The Morgan fingerprint density at radius 2 is 1.59 bits per heavy atom. The van der Waals surface area contributed by atoms with Gasteiger partial charge < -0.3 is 19.7 Å². The van der Waals surface area contributed by atoms with Gasteiger partial charge >= 0.3 is 11.9 Å². The van der Waals surface area contributed by atoms with Gasteiger partial charge in [-0.15, -0.1) is 0 Å². The van der Waals surface area contributed by atoms with Crippen LogP contribution in [-0.4, -0.2) is 47.6 Å². The van der Waals surface area contributed by atoms with Crippen molar-refractivity contribution in [2.24, 2.45) is 5.92 Å². The molecule has 1 aromatic rings. The van der Waals surface area contributed by atoms with Crippen molar-refractivity contribution in [2.45, 2.75) is 97.2 Å². The molecule has 0 fully saturated rings. The Balaban J connectivity index is 2.55. The second-order valence-electron chi connectivity index (χ2n) is 8.89. The monoisotopic (exact) mass is 450 g/mol. The maximum atomic E-state index is 11.4. The van der Waals surface area contributed by atoms with Gasteiger partial charge in [-0.25, -0.2) is 4.79 Å². The fourth-order valence-corrected chi connectivity index (χ4v) is 3.58. The molecule has 0 radical (unpaired) electrons. The maximum absolute atomic E-state index is 11.4. The molecule has 0 heterocycles. The predicted molar refractivity (Wildman–Crippen MR) is 126 cm³/mol. The summed E-state index contributed by atoms with van der Waals surface area (Å²) in [7, 11) is 0. The van der Waals surface area contributed by atoms with Gasteiger partial charge in [0, 0.05) is 13.0 Å². The van der Waals surface area contributed by atoms with Gasteiger partial charge in [-0.1, -0.05) is 51.5 Å². The molecule has 0 spiro atoms. The molecule has 0 aliphatic rings. The summed E-state index contributed by atoms with van der Waals surface area (Å²) in [6.07, 6.45) is 6.69. The number of rotatable bonds is 19. The molecule has 182 valence electrons. The van der Waals surface area contributed by atoms with Crippen LogP contribution in [0.4, 0.5) is 0 Å². The van der Waals surface area contributed by atoms with Gasteiger partial charge in [-0.2, -0.15) is 0 Å². The highest BCUT2D eigenvalue weighted by Gasteiger charge is 2.18. The van der Waals surface area contributed by atoms with Crippen molar-refractivity contribution in [1.82, 2.24) is 0 Å². The minimum absolute atomic E-state index is 0.0415. The number of ether oxygens (including phenoxy) is 2. The molecule has 32 heavy (non-hydrogen) atoms. The molecule has 0 amide bonds. The van der Waals surface area contributed by atoms with E-state index in [2.05, 4.69) is 19.1 Å². The van der Waals surface area contributed by atoms with Gasteiger partial charge in [-0.3, -0.25) is 4.79 Å². The summed E-state index contributed by atoms with van der Waals surface area (Å²) >= 11 is 0. The lowest BCUT2D eigenvalue weighted by atomic mass is 9.95. The third-order valence-electron chi connectivity index (χ3n) is 5.45. The molecule has 6 nitrogen and oxygen atoms in total. The molecule has 1 aromatic carbocycles. The van der Waals surface area contributed by atoms with E-state index in [-0.39, 0.29) is 12.5 Å². The van der Waals surface area contributed by atoms with E-state index in [0.717, 1.165) is 44.9 Å². The summed E-state index contributed by atoms with van der Waals surface area (Å²) in [4.78, 5) is 22.4. The van der Waals surface area contributed by atoms with E-state index >= 15 is 0 Å². The third kappa shape index (κ3) is 12.8. The van der Waals surface area contributed by atoms with Crippen molar-refractivity contribution in [3.05, 3.63) is 35.4 Å². The predicted octanol–water partition coefficient (Wildman–Crippen LogP) is 5.51. The van der Waals surface area contributed by atoms with Crippen molar-refractivity contribution >= 4 is 11.9 Å². The summed E-state index contributed by atoms with van der Waals surface area (Å²) in [6, 6.07) is 8.32. The van der Waals surface area contributed by atoms with Gasteiger partial charge in [0.2, 0.25) is 0 Å². The Morgan fingerprint density at radius 1 is 0.906 bits per heavy atom. The first-order valence-corrected chi connectivity index (χ1v) is 12.1. The van der Waals surface area contributed by atoms with Crippen molar-refractivity contribution in [3.63, 3.8) is 0 Å². The Morgan fingerprint density at radius 3 is 2.19 bits per heavy atom. The van der Waals surface area contributed by atoms with Crippen LogP contribution in [0.15, 0.2) is 24.3 Å². The molecule has 0 saturated carbocycles. The summed E-state index contributed by atoms with van der Waals surface area (Å²) in [6.45, 7) is 7.27. The van der Waals surface area contributed by atoms with Crippen LogP contribution in [0.5, 0.6) is 0 Å². The number of carboxylic acids is 2. The van der Waals surface area contributed by atoms with Crippen molar-refractivity contribution in [1.29, 1.82) is 0 Å². The Bertz CT molecular complexity index is 657. The first-order valence-electron chi connectivity index (χ1n) is 12.1. The zero-order valence-corrected chi connectivity index (χ0v) is 20.1. The average molecular weight is 451 g/mol. The van der Waals surface area contributed by atoms with Crippen molar-refractivity contribution < 1.29 is 29.3 Å². The molecule has 0 aliphatic heterocycles. The normalized spacial score (nSPS) is 13.2. The summed E-state index contributed by atoms with van der Waals surface area (Å²) < 4.78 is 11.5. The number of aliphatic carboxylic acids is 2. The van der Waals surface area contributed by atoms with E-state index in [0.29, 0.717) is 32.0 Å². The number of hydrogen-bond donors (Lipinski definition) is 2. The van der Waals surface area contributed by atoms with Crippen LogP contribution in [0.1, 0.15) is 83.3 Å². The fraction of sp³-hybridized carbons (Fsp3) is 0.692. The number of benzene rings is 1. The topological polar surface area (TPSA) is 93.1 Å². The molecule has 6 heteroatoms. The SMILES string of the molecule is CCCCOC(CCC(=O)O)CCc1ccccc1CCCCC(OCC(C)C)C(=O)O. The zero-order valence-electron chi connectivity index (χ0n) is 20.1.